The predicted octanol–water partition coefficient (Wildman–Crippen LogP) is 4.39. The normalized spacial score (nSPS) is 21.8. The summed E-state index contributed by atoms with van der Waals surface area (Å²) in [5, 5.41) is 3.58. The second-order valence-electron chi connectivity index (χ2n) is 4.75. The summed E-state index contributed by atoms with van der Waals surface area (Å²) in [6.45, 7) is 5.37. The summed E-state index contributed by atoms with van der Waals surface area (Å²) in [5.74, 6) is 3.41. The van der Waals surface area contributed by atoms with Crippen molar-refractivity contribution in [2.45, 2.75) is 38.8 Å². The zero-order valence-corrected chi connectivity index (χ0v) is 14.0. The number of hydrogen-bond donors (Lipinski definition) is 1. The van der Waals surface area contributed by atoms with Gasteiger partial charge in [0.25, 0.3) is 0 Å². The molecule has 4 heteroatoms. The minimum Gasteiger partial charge on any atom is -0.490 e. The van der Waals surface area contributed by atoms with Crippen LogP contribution in [-0.2, 0) is 0 Å². The van der Waals surface area contributed by atoms with Crippen molar-refractivity contribution >= 4 is 27.7 Å². The number of ether oxygens (including phenoxy) is 1. The fourth-order valence-corrected chi connectivity index (χ4v) is 3.55. The predicted molar refractivity (Wildman–Crippen MR) is 87.2 cm³/mol. The lowest BCUT2D eigenvalue weighted by atomic mass is 9.95. The Morgan fingerprint density at radius 1 is 1.42 bits per heavy atom. The molecule has 1 N–H and O–H groups in total. The lowest BCUT2D eigenvalue weighted by Gasteiger charge is -2.33. The Hall–Kier alpha value is -0.190. The summed E-state index contributed by atoms with van der Waals surface area (Å²) in [4.78, 5) is 0. The Balaban J connectivity index is 2.09. The van der Waals surface area contributed by atoms with E-state index in [-0.39, 0.29) is 0 Å². The van der Waals surface area contributed by atoms with E-state index < -0.39 is 0 Å². The average Bonchev–Trinajstić information content (AvgIpc) is 2.39. The smallest absolute Gasteiger partial charge is 0.125 e. The molecule has 106 valence electrons. The van der Waals surface area contributed by atoms with Gasteiger partial charge in [-0.25, -0.2) is 0 Å². The molecule has 0 radical (unpaired) electrons. The first-order valence-electron chi connectivity index (χ1n) is 7.01. The van der Waals surface area contributed by atoms with Gasteiger partial charge < -0.3 is 10.1 Å². The summed E-state index contributed by atoms with van der Waals surface area (Å²) >= 11 is 5.52. The monoisotopic (exact) mass is 343 g/mol. The van der Waals surface area contributed by atoms with Crippen molar-refractivity contribution in [2.24, 2.45) is 0 Å². The van der Waals surface area contributed by atoms with E-state index in [0.717, 1.165) is 29.6 Å². The molecule has 0 bridgehead atoms. The lowest BCUT2D eigenvalue weighted by molar-refractivity contribution is 0.147. The second-order valence-corrected chi connectivity index (χ2v) is 7.06. The lowest BCUT2D eigenvalue weighted by Crippen LogP contribution is -2.33. The largest absolute Gasteiger partial charge is 0.490 e. The highest BCUT2D eigenvalue weighted by molar-refractivity contribution is 9.10. The van der Waals surface area contributed by atoms with Gasteiger partial charge in [0.15, 0.2) is 0 Å². The molecule has 0 spiro atoms. The van der Waals surface area contributed by atoms with E-state index in [9.17, 15) is 0 Å². The van der Waals surface area contributed by atoms with E-state index in [2.05, 4.69) is 53.3 Å². The van der Waals surface area contributed by atoms with Crippen molar-refractivity contribution in [1.82, 2.24) is 5.32 Å². The number of thioether (sulfide) groups is 1. The van der Waals surface area contributed by atoms with E-state index in [4.69, 9.17) is 4.74 Å². The van der Waals surface area contributed by atoms with Gasteiger partial charge >= 0.3 is 0 Å². The van der Waals surface area contributed by atoms with Crippen LogP contribution in [0.2, 0.25) is 0 Å². The number of hydrogen-bond acceptors (Lipinski definition) is 3. The van der Waals surface area contributed by atoms with Crippen LogP contribution in [0.3, 0.4) is 0 Å². The molecule has 0 aromatic heterocycles. The molecule has 2 nitrogen and oxygen atoms in total. The highest BCUT2D eigenvalue weighted by Gasteiger charge is 2.27. The van der Waals surface area contributed by atoms with Crippen molar-refractivity contribution in [1.29, 1.82) is 0 Å². The summed E-state index contributed by atoms with van der Waals surface area (Å²) in [5.41, 5.74) is 1.30. The molecule has 1 heterocycles. The van der Waals surface area contributed by atoms with Crippen LogP contribution in [0.5, 0.6) is 5.75 Å². The molecule has 0 saturated carbocycles. The maximum Gasteiger partial charge on any atom is 0.125 e. The van der Waals surface area contributed by atoms with Gasteiger partial charge in [0.2, 0.25) is 0 Å². The third-order valence-corrected chi connectivity index (χ3v) is 4.81. The molecule has 1 aliphatic heterocycles. The molecular weight excluding hydrogens is 322 g/mol. The molecule has 1 aromatic rings. The Bertz CT molecular complexity index is 413. The van der Waals surface area contributed by atoms with Crippen LogP contribution in [0, 0.1) is 0 Å². The minimum absolute atomic E-state index is 0.338. The minimum atomic E-state index is 0.338. The topological polar surface area (TPSA) is 21.3 Å². The van der Waals surface area contributed by atoms with Gasteiger partial charge in [-0.15, -0.1) is 0 Å². The van der Waals surface area contributed by atoms with Gasteiger partial charge in [-0.3, -0.25) is 0 Å². The van der Waals surface area contributed by atoms with E-state index in [1.807, 2.05) is 11.8 Å². The summed E-state index contributed by atoms with van der Waals surface area (Å²) in [6.07, 6.45) is 2.55. The molecule has 2 atom stereocenters. The Labute approximate surface area is 128 Å². The highest BCUT2D eigenvalue weighted by Crippen LogP contribution is 2.37. The molecule has 0 saturated heterocycles. The molecular formula is C15H22BrNOS. The summed E-state index contributed by atoms with van der Waals surface area (Å²) in [6, 6.07) is 6.79. The van der Waals surface area contributed by atoms with Crippen LogP contribution in [0.1, 0.15) is 38.3 Å². The van der Waals surface area contributed by atoms with Gasteiger partial charge in [-0.1, -0.05) is 35.8 Å². The second kappa shape index (κ2) is 7.55. The van der Waals surface area contributed by atoms with Crippen molar-refractivity contribution in [3.8, 4) is 5.75 Å². The van der Waals surface area contributed by atoms with E-state index in [0.29, 0.717) is 12.1 Å². The molecule has 0 fully saturated rings. The molecule has 1 aromatic carbocycles. The van der Waals surface area contributed by atoms with Gasteiger partial charge in [0.1, 0.15) is 11.9 Å². The summed E-state index contributed by atoms with van der Waals surface area (Å²) < 4.78 is 7.24. The van der Waals surface area contributed by atoms with Crippen LogP contribution < -0.4 is 10.1 Å². The van der Waals surface area contributed by atoms with Gasteiger partial charge in [0, 0.05) is 22.5 Å². The van der Waals surface area contributed by atoms with Crippen molar-refractivity contribution in [2.75, 3.05) is 18.1 Å². The maximum atomic E-state index is 6.15. The highest BCUT2D eigenvalue weighted by atomic mass is 79.9. The van der Waals surface area contributed by atoms with Crippen LogP contribution in [0.4, 0.5) is 0 Å². The van der Waals surface area contributed by atoms with Gasteiger partial charge in [-0.2, -0.15) is 11.8 Å². The van der Waals surface area contributed by atoms with Crippen molar-refractivity contribution in [3.63, 3.8) is 0 Å². The fraction of sp³-hybridized carbons (Fsp3) is 0.600. The number of fused-ring (bicyclic) bond motifs is 1. The van der Waals surface area contributed by atoms with E-state index in [1.54, 1.807) is 0 Å². The number of benzene rings is 1. The molecule has 19 heavy (non-hydrogen) atoms. The molecule has 2 unspecified atom stereocenters. The Morgan fingerprint density at radius 2 is 2.26 bits per heavy atom. The first-order chi connectivity index (χ1) is 9.24. The van der Waals surface area contributed by atoms with Crippen LogP contribution in [0.25, 0.3) is 0 Å². The zero-order chi connectivity index (χ0) is 13.7. The Morgan fingerprint density at radius 3 is 3.00 bits per heavy atom. The Kier molecular flexibility index (Phi) is 6.05. The van der Waals surface area contributed by atoms with Gasteiger partial charge in [0.05, 0.1) is 0 Å². The van der Waals surface area contributed by atoms with Crippen LogP contribution >= 0.6 is 27.7 Å². The maximum absolute atomic E-state index is 6.15. The average molecular weight is 344 g/mol. The van der Waals surface area contributed by atoms with Crippen LogP contribution in [0.15, 0.2) is 22.7 Å². The number of halogens is 1. The number of rotatable bonds is 6. The first-order valence-corrected chi connectivity index (χ1v) is 8.96. The number of nitrogens with one attached hydrogen (secondary N) is 1. The zero-order valence-electron chi connectivity index (χ0n) is 11.6. The van der Waals surface area contributed by atoms with Crippen LogP contribution in [-0.4, -0.2) is 24.2 Å². The fourth-order valence-electron chi connectivity index (χ4n) is 2.49. The molecule has 0 aliphatic carbocycles. The van der Waals surface area contributed by atoms with Gasteiger partial charge in [-0.05, 0) is 36.6 Å². The molecule has 2 rings (SSSR count). The molecule has 0 amide bonds. The quantitative estimate of drug-likeness (QED) is 0.773. The van der Waals surface area contributed by atoms with Crippen molar-refractivity contribution in [3.05, 3.63) is 28.2 Å². The summed E-state index contributed by atoms with van der Waals surface area (Å²) in [7, 11) is 0. The third-order valence-electron chi connectivity index (χ3n) is 3.38. The standard InChI is InChI=1S/C15H22BrNOS/c1-3-17-14-10-12(7-8-19-4-2)18-15-9-11(16)5-6-13(14)15/h5-6,9,12,14,17H,3-4,7-8,10H2,1-2H3. The van der Waals surface area contributed by atoms with E-state index in [1.165, 1.54) is 17.1 Å². The first kappa shape index (κ1) is 15.2. The third kappa shape index (κ3) is 4.14. The van der Waals surface area contributed by atoms with Crippen molar-refractivity contribution < 1.29 is 4.74 Å². The van der Waals surface area contributed by atoms with E-state index >= 15 is 0 Å². The SMILES string of the molecule is CCNC1CC(CCSCC)Oc2cc(Br)ccc21. The molecule has 1 aliphatic rings.